The molecule has 1 saturated heterocycles. The summed E-state index contributed by atoms with van der Waals surface area (Å²) < 4.78 is 27.0. The molecule has 0 aromatic heterocycles. The van der Waals surface area contributed by atoms with Crippen molar-refractivity contribution in [2.45, 2.75) is 78.9 Å². The number of benzene rings is 3. The van der Waals surface area contributed by atoms with Gasteiger partial charge in [0.1, 0.15) is 29.2 Å². The molecule has 1 heterocycles. The van der Waals surface area contributed by atoms with Crippen molar-refractivity contribution in [3.8, 4) is 17.2 Å². The molecule has 11 nitrogen and oxygen atoms in total. The minimum Gasteiger partial charge on any atom is -0.490 e. The molecule has 50 heavy (non-hydrogen) atoms. The number of aryl methyl sites for hydroxylation is 1. The van der Waals surface area contributed by atoms with Crippen LogP contribution < -0.4 is 25.4 Å². The summed E-state index contributed by atoms with van der Waals surface area (Å²) in [5, 5.41) is 27.4. The molecule has 5 N–H and O–H groups in total. The lowest BCUT2D eigenvalue weighted by Gasteiger charge is -2.35. The number of amides is 3. The molecule has 0 saturated carbocycles. The summed E-state index contributed by atoms with van der Waals surface area (Å²) in [7, 11) is 0. The number of halogens is 1. The molecular formula is C38H49FN4O7. The third-order valence-electron chi connectivity index (χ3n) is 8.90. The zero-order valence-electron chi connectivity index (χ0n) is 29.5. The molecule has 1 aliphatic heterocycles. The standard InChI is InChI=1S/C38H49FN4O7/c1-6-27(7-2)41-37(48)42-32-11-10-30(22-31(32)39)50-33-13-9-28(20-24(33)3)40-35(45)26-8-12-34(25(21-26)16-19-44)49-29-14-17-43(18-15-29)23-38(4,5)36(46)47/h8-13,20-22,27,29,44H,6-7,14-19,23H2,1-5H3,(H,40,45)(H,46,47)(H2,41,42,48). The molecule has 0 radical (unpaired) electrons. The van der Waals surface area contributed by atoms with E-state index in [1.54, 1.807) is 56.3 Å². The van der Waals surface area contributed by atoms with Gasteiger partial charge in [0.2, 0.25) is 0 Å². The van der Waals surface area contributed by atoms with Gasteiger partial charge in [0.05, 0.1) is 11.1 Å². The second kappa shape index (κ2) is 17.3. The number of anilines is 2. The number of rotatable bonds is 15. The topological polar surface area (TPSA) is 149 Å². The Balaban J connectivity index is 1.34. The first-order valence-electron chi connectivity index (χ1n) is 17.1. The van der Waals surface area contributed by atoms with E-state index in [0.29, 0.717) is 41.3 Å². The zero-order valence-corrected chi connectivity index (χ0v) is 29.5. The first-order chi connectivity index (χ1) is 23.8. The summed E-state index contributed by atoms with van der Waals surface area (Å²) in [5.74, 6) is -0.459. The van der Waals surface area contributed by atoms with Gasteiger partial charge in [0, 0.05) is 49.6 Å². The number of nitrogens with one attached hydrogen (secondary N) is 3. The number of aliphatic hydroxyl groups is 1. The van der Waals surface area contributed by atoms with Crippen molar-refractivity contribution >= 4 is 29.3 Å². The smallest absolute Gasteiger partial charge is 0.319 e. The number of carbonyl (C=O) groups excluding carboxylic acids is 2. The first kappa shape index (κ1) is 38.1. The fourth-order valence-corrected chi connectivity index (χ4v) is 5.81. The number of aliphatic carboxylic acids is 1. The maximum atomic E-state index is 14.8. The van der Waals surface area contributed by atoms with Crippen LogP contribution in [0.1, 0.15) is 74.9 Å². The average Bonchev–Trinajstić information content (AvgIpc) is 3.07. The molecular weight excluding hydrogens is 643 g/mol. The maximum absolute atomic E-state index is 14.8. The van der Waals surface area contributed by atoms with E-state index in [1.165, 1.54) is 12.1 Å². The Morgan fingerprint density at radius 2 is 1.68 bits per heavy atom. The van der Waals surface area contributed by atoms with Gasteiger partial charge in [0.25, 0.3) is 5.91 Å². The zero-order chi connectivity index (χ0) is 36.4. The Morgan fingerprint density at radius 1 is 0.980 bits per heavy atom. The Morgan fingerprint density at radius 3 is 2.30 bits per heavy atom. The maximum Gasteiger partial charge on any atom is 0.319 e. The van der Waals surface area contributed by atoms with Crippen LogP contribution in [0.3, 0.4) is 0 Å². The van der Waals surface area contributed by atoms with Crippen LogP contribution in [0.25, 0.3) is 0 Å². The van der Waals surface area contributed by atoms with Crippen molar-refractivity contribution in [3.05, 3.63) is 77.1 Å². The molecule has 3 amide bonds. The number of aliphatic hydroxyl groups excluding tert-OH is 1. The van der Waals surface area contributed by atoms with Gasteiger partial charge in [-0.3, -0.25) is 9.59 Å². The number of ether oxygens (including phenoxy) is 2. The van der Waals surface area contributed by atoms with E-state index in [1.807, 2.05) is 20.8 Å². The normalized spacial score (nSPS) is 13.9. The molecule has 0 spiro atoms. The SMILES string of the molecule is CCC(CC)NC(=O)Nc1ccc(Oc2ccc(NC(=O)c3ccc(OC4CCN(CC(C)(C)C(=O)O)CC4)c(CCO)c3)cc2C)cc1F. The number of likely N-dealkylation sites (tertiary alicyclic amines) is 1. The Kier molecular flexibility index (Phi) is 13.2. The molecule has 0 unspecified atom stereocenters. The summed E-state index contributed by atoms with van der Waals surface area (Å²) in [6.45, 7) is 11.0. The van der Waals surface area contributed by atoms with E-state index in [2.05, 4.69) is 20.9 Å². The highest BCUT2D eigenvalue weighted by Crippen LogP contribution is 2.31. The lowest BCUT2D eigenvalue weighted by Crippen LogP contribution is -2.45. The summed E-state index contributed by atoms with van der Waals surface area (Å²) in [5.41, 5.74) is 1.58. The summed E-state index contributed by atoms with van der Waals surface area (Å²) in [6.07, 6.45) is 3.28. The highest BCUT2D eigenvalue weighted by atomic mass is 19.1. The number of carboxylic acid groups (broad SMARTS) is 1. The van der Waals surface area contributed by atoms with Crippen LogP contribution in [0.2, 0.25) is 0 Å². The number of carbonyl (C=O) groups is 3. The lowest BCUT2D eigenvalue weighted by atomic mass is 9.92. The number of hydrogen-bond acceptors (Lipinski definition) is 7. The highest BCUT2D eigenvalue weighted by molar-refractivity contribution is 6.04. The van der Waals surface area contributed by atoms with Crippen LogP contribution in [0, 0.1) is 18.2 Å². The summed E-state index contributed by atoms with van der Waals surface area (Å²) >= 11 is 0. The number of nitrogens with zero attached hydrogens (tertiary/aromatic N) is 1. The van der Waals surface area contributed by atoms with Gasteiger partial charge in [-0.2, -0.15) is 0 Å². The Hall–Kier alpha value is -4.68. The fraction of sp³-hybridized carbons (Fsp3) is 0.447. The largest absolute Gasteiger partial charge is 0.490 e. The number of carboxylic acids is 1. The minimum atomic E-state index is -0.826. The van der Waals surface area contributed by atoms with Crippen molar-refractivity contribution in [1.29, 1.82) is 0 Å². The number of piperidine rings is 1. The van der Waals surface area contributed by atoms with Crippen molar-refractivity contribution in [3.63, 3.8) is 0 Å². The molecule has 1 aliphatic rings. The van der Waals surface area contributed by atoms with Crippen LogP contribution >= 0.6 is 0 Å². The highest BCUT2D eigenvalue weighted by Gasteiger charge is 2.32. The monoisotopic (exact) mass is 692 g/mol. The molecule has 4 rings (SSSR count). The summed E-state index contributed by atoms with van der Waals surface area (Å²) in [4.78, 5) is 39.1. The predicted molar refractivity (Wildman–Crippen MR) is 191 cm³/mol. The van der Waals surface area contributed by atoms with Crippen molar-refractivity contribution in [1.82, 2.24) is 10.2 Å². The molecule has 270 valence electrons. The molecule has 0 aliphatic carbocycles. The molecule has 3 aromatic carbocycles. The van der Waals surface area contributed by atoms with Gasteiger partial charge < -0.3 is 40.5 Å². The predicted octanol–water partition coefficient (Wildman–Crippen LogP) is 6.98. The third-order valence-corrected chi connectivity index (χ3v) is 8.90. The lowest BCUT2D eigenvalue weighted by molar-refractivity contribution is -0.148. The number of urea groups is 1. The van der Waals surface area contributed by atoms with Gasteiger partial charge in [0.15, 0.2) is 0 Å². The first-order valence-corrected chi connectivity index (χ1v) is 17.1. The van der Waals surface area contributed by atoms with E-state index >= 15 is 0 Å². The third kappa shape index (κ3) is 10.4. The van der Waals surface area contributed by atoms with Crippen LogP contribution in [0.4, 0.5) is 20.6 Å². The van der Waals surface area contributed by atoms with Crippen LogP contribution in [0.5, 0.6) is 17.2 Å². The van der Waals surface area contributed by atoms with E-state index in [4.69, 9.17) is 9.47 Å². The van der Waals surface area contributed by atoms with Gasteiger partial charge in [-0.15, -0.1) is 0 Å². The van der Waals surface area contributed by atoms with E-state index in [9.17, 15) is 29.0 Å². The van der Waals surface area contributed by atoms with Gasteiger partial charge in [-0.25, -0.2) is 9.18 Å². The van der Waals surface area contributed by atoms with Gasteiger partial charge in [-0.1, -0.05) is 13.8 Å². The quantitative estimate of drug-likeness (QED) is 0.115. The van der Waals surface area contributed by atoms with Gasteiger partial charge in [-0.05, 0) is 113 Å². The molecule has 0 bridgehead atoms. The van der Waals surface area contributed by atoms with Crippen LogP contribution in [-0.4, -0.2) is 71.4 Å². The van der Waals surface area contributed by atoms with Crippen LogP contribution in [0.15, 0.2) is 54.6 Å². The minimum absolute atomic E-state index is 0.00781. The van der Waals surface area contributed by atoms with E-state index in [0.717, 1.165) is 44.3 Å². The molecule has 3 aromatic rings. The van der Waals surface area contributed by atoms with Crippen molar-refractivity contribution in [2.24, 2.45) is 5.41 Å². The second-order valence-electron chi connectivity index (χ2n) is 13.4. The van der Waals surface area contributed by atoms with E-state index < -0.39 is 23.2 Å². The van der Waals surface area contributed by atoms with E-state index in [-0.39, 0.29) is 36.1 Å². The number of hydrogen-bond donors (Lipinski definition) is 5. The van der Waals surface area contributed by atoms with Crippen molar-refractivity contribution in [2.75, 3.05) is 36.9 Å². The summed E-state index contributed by atoms with van der Waals surface area (Å²) in [6, 6.07) is 14.0. The molecule has 12 heteroatoms. The molecule has 1 fully saturated rings. The second-order valence-corrected chi connectivity index (χ2v) is 13.4. The Bertz CT molecular complexity index is 1650. The Labute approximate surface area is 293 Å². The van der Waals surface area contributed by atoms with Crippen LogP contribution in [-0.2, 0) is 11.2 Å². The molecule has 0 atom stereocenters. The fourth-order valence-electron chi connectivity index (χ4n) is 5.81. The van der Waals surface area contributed by atoms with Crippen molar-refractivity contribution < 1.29 is 38.5 Å². The average molecular weight is 693 g/mol. The van der Waals surface area contributed by atoms with Gasteiger partial charge >= 0.3 is 12.0 Å².